The van der Waals surface area contributed by atoms with Gasteiger partial charge >= 0.3 is 0 Å². The Labute approximate surface area is 208 Å². The fraction of sp³-hybridized carbons (Fsp3) is 0.0645. The van der Waals surface area contributed by atoms with E-state index in [0.717, 1.165) is 56.6 Å². The maximum absolute atomic E-state index is 6.34. The van der Waals surface area contributed by atoms with Gasteiger partial charge in [0.05, 0.1) is 5.52 Å². The van der Waals surface area contributed by atoms with Crippen LogP contribution >= 0.6 is 0 Å². The average Bonchev–Trinajstić information content (AvgIpc) is 3.51. The first kappa shape index (κ1) is 20.6. The minimum Gasteiger partial charge on any atom is -0.485 e. The number of nitrogens with zero attached hydrogens (tertiary/aromatic N) is 1. The third-order valence-electron chi connectivity index (χ3n) is 7.25. The molecule has 7 rings (SSSR count). The molecule has 36 heavy (non-hydrogen) atoms. The fourth-order valence-electron chi connectivity index (χ4n) is 5.66. The molecule has 0 spiro atoms. The Bertz CT molecular complexity index is 1770. The van der Waals surface area contributed by atoms with Crippen molar-refractivity contribution < 1.29 is 4.74 Å². The number of para-hydroxylation sites is 2. The Morgan fingerprint density at radius 2 is 1.61 bits per heavy atom. The molecule has 0 bridgehead atoms. The van der Waals surface area contributed by atoms with Crippen molar-refractivity contribution >= 4 is 33.2 Å². The summed E-state index contributed by atoms with van der Waals surface area (Å²) in [4.78, 5) is 3.63. The van der Waals surface area contributed by atoms with Gasteiger partial charge in [0.1, 0.15) is 11.9 Å². The number of H-pyrrole nitrogens is 1. The predicted octanol–water partition coefficient (Wildman–Crippen LogP) is 6.36. The molecule has 5 aromatic rings. The first-order chi connectivity index (χ1) is 17.7. The zero-order valence-corrected chi connectivity index (χ0v) is 19.5. The van der Waals surface area contributed by atoms with E-state index in [-0.39, 0.29) is 6.10 Å². The summed E-state index contributed by atoms with van der Waals surface area (Å²) in [6, 6.07) is 29.8. The molecule has 5 N–H and O–H groups in total. The lowest BCUT2D eigenvalue weighted by molar-refractivity contribution is 0.278. The van der Waals surface area contributed by atoms with Gasteiger partial charge in [0.2, 0.25) is 0 Å². The van der Waals surface area contributed by atoms with Crippen LogP contribution in [0.3, 0.4) is 0 Å². The summed E-state index contributed by atoms with van der Waals surface area (Å²) in [5, 5.41) is 6.24. The van der Waals surface area contributed by atoms with Crippen LogP contribution in [-0.4, -0.2) is 16.9 Å². The molecule has 5 nitrogen and oxygen atoms in total. The van der Waals surface area contributed by atoms with E-state index in [4.69, 9.17) is 16.3 Å². The highest BCUT2D eigenvalue weighted by atomic mass is 16.5. The van der Waals surface area contributed by atoms with Crippen LogP contribution in [0.2, 0.25) is 0 Å². The normalized spacial score (nSPS) is 16.9. The Kier molecular flexibility index (Phi) is 4.51. The highest BCUT2D eigenvalue weighted by Gasteiger charge is 2.35. The zero-order chi connectivity index (χ0) is 24.2. The standard InChI is InChI=1S/C31H24N4O/c32-31(35-33)24-13-6-16-27-29(24)28-20(10-5-15-26(28)36-27)18-7-3-8-19(17-18)21-11-4-12-23-22-9-1-2-14-25(22)34-30(21)23/h1-15,17,27,34H,16,33H2,(H2,32,35). The molecule has 1 aliphatic carbocycles. The molecule has 4 aromatic carbocycles. The molecule has 1 atom stereocenters. The van der Waals surface area contributed by atoms with Crippen molar-refractivity contribution in [3.8, 4) is 28.0 Å². The molecule has 1 unspecified atom stereocenters. The van der Waals surface area contributed by atoms with E-state index in [2.05, 4.69) is 89.0 Å². The number of aromatic amines is 1. The van der Waals surface area contributed by atoms with Crippen molar-refractivity contribution in [3.05, 3.63) is 108 Å². The largest absolute Gasteiger partial charge is 0.485 e. The van der Waals surface area contributed by atoms with Gasteiger partial charge in [-0.3, -0.25) is 0 Å². The van der Waals surface area contributed by atoms with E-state index < -0.39 is 0 Å². The number of rotatable bonds is 3. The Morgan fingerprint density at radius 3 is 2.50 bits per heavy atom. The van der Waals surface area contributed by atoms with Gasteiger partial charge in [-0.25, -0.2) is 0 Å². The smallest absolute Gasteiger partial charge is 0.150 e. The van der Waals surface area contributed by atoms with Crippen LogP contribution in [-0.2, 0) is 0 Å². The summed E-state index contributed by atoms with van der Waals surface area (Å²) in [5.41, 5.74) is 16.0. The van der Waals surface area contributed by atoms with Crippen LogP contribution in [0.1, 0.15) is 12.0 Å². The molecule has 1 aromatic heterocycles. The van der Waals surface area contributed by atoms with E-state index in [0.29, 0.717) is 5.84 Å². The summed E-state index contributed by atoms with van der Waals surface area (Å²) in [7, 11) is 0. The summed E-state index contributed by atoms with van der Waals surface area (Å²) in [6.45, 7) is 0. The molecule has 2 heterocycles. The molecular formula is C31H24N4O. The number of hydrogen-bond donors (Lipinski definition) is 3. The van der Waals surface area contributed by atoms with Crippen molar-refractivity contribution in [1.82, 2.24) is 4.98 Å². The number of nitrogens with one attached hydrogen (secondary N) is 1. The first-order valence-corrected chi connectivity index (χ1v) is 12.1. The van der Waals surface area contributed by atoms with Gasteiger partial charge in [-0.15, -0.1) is 0 Å². The Balaban J connectivity index is 1.42. The number of fused-ring (bicyclic) bond motifs is 6. The molecule has 0 radical (unpaired) electrons. The molecule has 5 heteroatoms. The topological polar surface area (TPSA) is 89.4 Å². The minimum atomic E-state index is -0.0928. The zero-order valence-electron chi connectivity index (χ0n) is 19.5. The predicted molar refractivity (Wildman–Crippen MR) is 148 cm³/mol. The van der Waals surface area contributed by atoms with Crippen molar-refractivity contribution in [2.24, 2.45) is 16.7 Å². The summed E-state index contributed by atoms with van der Waals surface area (Å²) in [6.07, 6.45) is 4.76. The summed E-state index contributed by atoms with van der Waals surface area (Å²) < 4.78 is 6.34. The number of aromatic nitrogens is 1. The van der Waals surface area contributed by atoms with E-state index >= 15 is 0 Å². The molecule has 1 aliphatic heterocycles. The lowest BCUT2D eigenvalue weighted by Crippen LogP contribution is -2.23. The van der Waals surface area contributed by atoms with Gasteiger partial charge < -0.3 is 21.3 Å². The second-order valence-electron chi connectivity index (χ2n) is 9.24. The van der Waals surface area contributed by atoms with Crippen molar-refractivity contribution in [2.45, 2.75) is 12.5 Å². The molecule has 0 saturated heterocycles. The van der Waals surface area contributed by atoms with E-state index in [1.165, 1.54) is 16.3 Å². The SMILES string of the molecule is N/N=C(\N)C1=C2c3c(cccc3-c3cccc(-c4cccc5c4[nH]c4ccccc45)c3)OC2CC=C1. The van der Waals surface area contributed by atoms with Crippen LogP contribution < -0.4 is 16.3 Å². The van der Waals surface area contributed by atoms with Gasteiger partial charge in [0.25, 0.3) is 0 Å². The quantitative estimate of drug-likeness (QED) is 0.125. The van der Waals surface area contributed by atoms with Crippen molar-refractivity contribution in [2.75, 3.05) is 0 Å². The van der Waals surface area contributed by atoms with Crippen LogP contribution in [0, 0.1) is 0 Å². The number of ether oxygens (including phenoxy) is 1. The van der Waals surface area contributed by atoms with Gasteiger partial charge in [0, 0.05) is 45.0 Å². The fourth-order valence-corrected chi connectivity index (χ4v) is 5.66. The Morgan fingerprint density at radius 1 is 0.861 bits per heavy atom. The van der Waals surface area contributed by atoms with Gasteiger partial charge in [-0.05, 0) is 34.9 Å². The van der Waals surface area contributed by atoms with E-state index in [1.807, 2.05) is 18.2 Å². The third-order valence-corrected chi connectivity index (χ3v) is 7.25. The number of hydrogen-bond acceptors (Lipinski definition) is 3. The molecule has 0 saturated carbocycles. The molecular weight excluding hydrogens is 444 g/mol. The number of nitrogens with two attached hydrogens (primary N) is 2. The Hall–Kier alpha value is -4.77. The van der Waals surface area contributed by atoms with Gasteiger partial charge in [0.15, 0.2) is 5.84 Å². The van der Waals surface area contributed by atoms with Crippen molar-refractivity contribution in [3.63, 3.8) is 0 Å². The minimum absolute atomic E-state index is 0.0928. The summed E-state index contributed by atoms with van der Waals surface area (Å²) >= 11 is 0. The van der Waals surface area contributed by atoms with Crippen LogP contribution in [0.5, 0.6) is 5.75 Å². The molecule has 2 aliphatic rings. The highest BCUT2D eigenvalue weighted by molar-refractivity contribution is 6.12. The average molecular weight is 469 g/mol. The third kappa shape index (κ3) is 2.99. The second-order valence-corrected chi connectivity index (χ2v) is 9.24. The van der Waals surface area contributed by atoms with Crippen LogP contribution in [0.4, 0.5) is 0 Å². The van der Waals surface area contributed by atoms with Gasteiger partial charge in [-0.2, -0.15) is 5.10 Å². The lowest BCUT2D eigenvalue weighted by Gasteiger charge is -2.18. The maximum atomic E-state index is 6.34. The number of hydrazone groups is 1. The monoisotopic (exact) mass is 468 g/mol. The second kappa shape index (κ2) is 7.89. The maximum Gasteiger partial charge on any atom is 0.150 e. The number of benzene rings is 4. The summed E-state index contributed by atoms with van der Waals surface area (Å²) in [5.74, 6) is 6.74. The van der Waals surface area contributed by atoms with Crippen molar-refractivity contribution in [1.29, 1.82) is 0 Å². The van der Waals surface area contributed by atoms with Crippen LogP contribution in [0.15, 0.2) is 108 Å². The molecule has 0 amide bonds. The molecule has 174 valence electrons. The highest BCUT2D eigenvalue weighted by Crippen LogP contribution is 2.48. The first-order valence-electron chi connectivity index (χ1n) is 12.1. The van der Waals surface area contributed by atoms with Gasteiger partial charge in [-0.1, -0.05) is 78.9 Å². The van der Waals surface area contributed by atoms with E-state index in [1.54, 1.807) is 0 Å². The van der Waals surface area contributed by atoms with E-state index in [9.17, 15) is 0 Å². The molecule has 0 fully saturated rings. The lowest BCUT2D eigenvalue weighted by atomic mass is 9.85. The van der Waals surface area contributed by atoms with Crippen LogP contribution in [0.25, 0.3) is 49.6 Å². The number of amidine groups is 1.